The van der Waals surface area contributed by atoms with Crippen molar-refractivity contribution >= 4 is 35.3 Å². The fourth-order valence-corrected chi connectivity index (χ4v) is 2.70. The van der Waals surface area contributed by atoms with E-state index in [0.717, 1.165) is 11.3 Å². The zero-order valence-corrected chi connectivity index (χ0v) is 15.7. The van der Waals surface area contributed by atoms with Crippen molar-refractivity contribution in [2.75, 3.05) is 5.32 Å². The van der Waals surface area contributed by atoms with Crippen molar-refractivity contribution in [3.8, 4) is 0 Å². The van der Waals surface area contributed by atoms with E-state index in [-0.39, 0.29) is 12.5 Å². The summed E-state index contributed by atoms with van der Waals surface area (Å²) in [4.78, 5) is 14.8. The van der Waals surface area contributed by atoms with Gasteiger partial charge in [0.25, 0.3) is 0 Å². The van der Waals surface area contributed by atoms with E-state index in [1.54, 1.807) is 30.5 Å². The molecule has 0 radical (unpaired) electrons. The van der Waals surface area contributed by atoms with Crippen molar-refractivity contribution in [3.05, 3.63) is 93.6 Å². The van der Waals surface area contributed by atoms with Crippen LogP contribution in [-0.2, 0) is 11.3 Å². The third kappa shape index (κ3) is 4.81. The molecule has 0 saturated heterocycles. The summed E-state index contributed by atoms with van der Waals surface area (Å²) in [6.07, 6.45) is 2.23. The van der Waals surface area contributed by atoms with Crippen LogP contribution in [0.1, 0.15) is 16.1 Å². The van der Waals surface area contributed by atoms with Gasteiger partial charge in [0.2, 0.25) is 0 Å². The van der Waals surface area contributed by atoms with Gasteiger partial charge in [-0.15, -0.1) is 0 Å². The minimum Gasteiger partial charge on any atom is -0.474 e. The number of nitrogens with zero attached hydrogens (tertiary/aromatic N) is 1. The predicted octanol–water partition coefficient (Wildman–Crippen LogP) is 1.93. The number of benzene rings is 2. The Balaban J connectivity index is 1.90. The van der Waals surface area contributed by atoms with E-state index in [1.165, 1.54) is 0 Å². The Morgan fingerprint density at radius 2 is 1.79 bits per heavy atom. The van der Waals surface area contributed by atoms with Crippen molar-refractivity contribution in [2.45, 2.75) is 6.61 Å². The lowest BCUT2D eigenvalue weighted by Crippen LogP contribution is -2.36. The SMILES string of the molecule is N/C(Nc1ccc(Cl)cc1)=c1/cccc/c1=C(/N)OCc1ccnc(C=O)c1. The first-order valence-electron chi connectivity index (χ1n) is 8.47. The molecule has 28 heavy (non-hydrogen) atoms. The quantitative estimate of drug-likeness (QED) is 0.552. The van der Waals surface area contributed by atoms with Crippen LogP contribution in [0.4, 0.5) is 5.69 Å². The Hall–Kier alpha value is -3.51. The van der Waals surface area contributed by atoms with Crippen molar-refractivity contribution in [2.24, 2.45) is 11.5 Å². The number of hydrogen-bond acceptors (Lipinski definition) is 6. The molecule has 2 aromatic carbocycles. The molecule has 0 amide bonds. The molecule has 0 aliphatic rings. The molecule has 0 aliphatic carbocycles. The highest BCUT2D eigenvalue weighted by molar-refractivity contribution is 6.30. The van der Waals surface area contributed by atoms with Gasteiger partial charge in [-0.2, -0.15) is 0 Å². The Bertz CT molecular complexity index is 1100. The van der Waals surface area contributed by atoms with Gasteiger partial charge in [-0.3, -0.25) is 9.78 Å². The molecule has 1 heterocycles. The van der Waals surface area contributed by atoms with Gasteiger partial charge in [-0.1, -0.05) is 29.8 Å². The van der Waals surface area contributed by atoms with Gasteiger partial charge in [0.05, 0.1) is 0 Å². The van der Waals surface area contributed by atoms with Crippen molar-refractivity contribution in [1.82, 2.24) is 4.98 Å². The lowest BCUT2D eigenvalue weighted by molar-refractivity contribution is 0.111. The van der Waals surface area contributed by atoms with Crippen LogP contribution >= 0.6 is 11.6 Å². The number of carbonyl (C=O) groups is 1. The number of aromatic nitrogens is 1. The number of hydrogen-bond donors (Lipinski definition) is 3. The number of nitrogens with two attached hydrogens (primary N) is 2. The molecule has 7 heteroatoms. The maximum Gasteiger partial charge on any atom is 0.192 e. The molecule has 5 N–H and O–H groups in total. The van der Waals surface area contributed by atoms with Crippen molar-refractivity contribution in [3.63, 3.8) is 0 Å². The number of anilines is 1. The largest absolute Gasteiger partial charge is 0.474 e. The van der Waals surface area contributed by atoms with Crippen LogP contribution in [0.2, 0.25) is 5.02 Å². The Morgan fingerprint density at radius 1 is 1.07 bits per heavy atom. The van der Waals surface area contributed by atoms with E-state index in [0.29, 0.717) is 33.3 Å². The Kier molecular flexibility index (Phi) is 6.14. The van der Waals surface area contributed by atoms with Crippen molar-refractivity contribution in [1.29, 1.82) is 0 Å². The summed E-state index contributed by atoms with van der Waals surface area (Å²) < 4.78 is 5.71. The average molecular weight is 395 g/mol. The van der Waals surface area contributed by atoms with Gasteiger partial charge in [0.15, 0.2) is 12.2 Å². The molecular weight excluding hydrogens is 376 g/mol. The molecule has 0 atom stereocenters. The molecule has 3 aromatic rings. The summed E-state index contributed by atoms with van der Waals surface area (Å²) in [5.41, 5.74) is 14.3. The molecule has 0 spiro atoms. The summed E-state index contributed by atoms with van der Waals surface area (Å²) in [5.74, 6) is 0.651. The molecule has 142 valence electrons. The molecule has 6 nitrogen and oxygen atoms in total. The molecule has 3 rings (SSSR count). The van der Waals surface area contributed by atoms with Crippen LogP contribution < -0.4 is 27.2 Å². The van der Waals surface area contributed by atoms with Gasteiger partial charge in [-0.05, 0) is 48.0 Å². The third-order valence-corrected chi connectivity index (χ3v) is 4.22. The first-order chi connectivity index (χ1) is 13.6. The van der Waals surface area contributed by atoms with E-state index in [1.807, 2.05) is 36.4 Å². The van der Waals surface area contributed by atoms with Crippen LogP contribution in [0.15, 0.2) is 66.9 Å². The number of carbonyl (C=O) groups excluding carboxylic acids is 1. The van der Waals surface area contributed by atoms with Crippen molar-refractivity contribution < 1.29 is 9.53 Å². The van der Waals surface area contributed by atoms with Crippen LogP contribution in [0.5, 0.6) is 0 Å². The smallest absolute Gasteiger partial charge is 0.192 e. The number of nitrogens with one attached hydrogen (secondary N) is 1. The molecular formula is C21H19ClN4O2. The first-order valence-corrected chi connectivity index (χ1v) is 8.84. The second kappa shape index (κ2) is 8.92. The second-order valence-electron chi connectivity index (χ2n) is 5.95. The monoisotopic (exact) mass is 394 g/mol. The summed E-state index contributed by atoms with van der Waals surface area (Å²) in [5, 5.41) is 5.14. The minimum atomic E-state index is 0.202. The van der Waals surface area contributed by atoms with E-state index in [9.17, 15) is 4.79 Å². The number of aldehydes is 1. The first kappa shape index (κ1) is 19.3. The van der Waals surface area contributed by atoms with E-state index < -0.39 is 0 Å². The highest BCUT2D eigenvalue weighted by Gasteiger charge is 2.02. The van der Waals surface area contributed by atoms with E-state index in [2.05, 4.69) is 10.3 Å². The molecule has 0 saturated carbocycles. The number of pyridine rings is 1. The Morgan fingerprint density at radius 3 is 2.50 bits per heavy atom. The van der Waals surface area contributed by atoms with Crippen LogP contribution in [0.3, 0.4) is 0 Å². The normalized spacial score (nSPS) is 12.8. The van der Waals surface area contributed by atoms with Gasteiger partial charge >= 0.3 is 0 Å². The number of ether oxygens (including phenoxy) is 1. The standard InChI is InChI=1S/C21H19ClN4O2/c22-15-5-7-16(8-6-15)26-20(23)18-3-1-2-4-19(18)21(24)28-13-14-9-10-25-17(11-14)12-27/h1-12,26H,13,23-24H2/b20-18+,21-19+. The fourth-order valence-electron chi connectivity index (χ4n) is 2.58. The number of halogens is 1. The summed E-state index contributed by atoms with van der Waals surface area (Å²) in [6, 6.07) is 18.0. The third-order valence-electron chi connectivity index (χ3n) is 3.97. The maximum absolute atomic E-state index is 10.8. The summed E-state index contributed by atoms with van der Waals surface area (Å²) in [7, 11) is 0. The Labute approximate surface area is 167 Å². The molecule has 0 aliphatic heterocycles. The topological polar surface area (TPSA) is 103 Å². The summed E-state index contributed by atoms with van der Waals surface area (Å²) >= 11 is 5.91. The molecule has 0 unspecified atom stereocenters. The predicted molar refractivity (Wildman–Crippen MR) is 110 cm³/mol. The lowest BCUT2D eigenvalue weighted by Gasteiger charge is -2.09. The minimum absolute atomic E-state index is 0.202. The average Bonchev–Trinajstić information content (AvgIpc) is 2.73. The molecule has 1 aromatic heterocycles. The van der Waals surface area contributed by atoms with Gasteiger partial charge < -0.3 is 21.5 Å². The van der Waals surface area contributed by atoms with Gasteiger partial charge in [-0.25, -0.2) is 0 Å². The zero-order valence-electron chi connectivity index (χ0n) is 14.9. The van der Waals surface area contributed by atoms with Gasteiger partial charge in [0, 0.05) is 27.3 Å². The van der Waals surface area contributed by atoms with Crippen LogP contribution in [0.25, 0.3) is 11.7 Å². The summed E-state index contributed by atoms with van der Waals surface area (Å²) in [6.45, 7) is 0.202. The highest BCUT2D eigenvalue weighted by Crippen LogP contribution is 2.13. The van der Waals surface area contributed by atoms with E-state index in [4.69, 9.17) is 27.8 Å². The van der Waals surface area contributed by atoms with Crippen LogP contribution in [0, 0.1) is 0 Å². The number of rotatable bonds is 6. The van der Waals surface area contributed by atoms with E-state index >= 15 is 0 Å². The molecule has 0 bridgehead atoms. The second-order valence-corrected chi connectivity index (χ2v) is 6.39. The highest BCUT2D eigenvalue weighted by atomic mass is 35.5. The lowest BCUT2D eigenvalue weighted by atomic mass is 10.2. The van der Waals surface area contributed by atoms with Gasteiger partial charge in [0.1, 0.15) is 18.1 Å². The van der Waals surface area contributed by atoms with Crippen LogP contribution in [-0.4, -0.2) is 11.3 Å². The maximum atomic E-state index is 10.8. The zero-order chi connectivity index (χ0) is 19.9. The fraction of sp³-hybridized carbons (Fsp3) is 0.0476. The molecule has 0 fully saturated rings.